The summed E-state index contributed by atoms with van der Waals surface area (Å²) in [5.74, 6) is 0. The zero-order chi connectivity index (χ0) is 13.2. The van der Waals surface area contributed by atoms with Gasteiger partial charge in [-0.15, -0.1) is 0 Å². The molecule has 0 radical (unpaired) electrons. The zero-order valence-electron chi connectivity index (χ0n) is 9.99. The Labute approximate surface area is 119 Å². The second kappa shape index (κ2) is 4.85. The maximum absolute atomic E-state index is 6.01. The molecule has 0 fully saturated rings. The van der Waals surface area contributed by atoms with Crippen LogP contribution < -0.4 is 5.73 Å². The second-order valence-corrected chi connectivity index (χ2v) is 4.98. The van der Waals surface area contributed by atoms with Crippen LogP contribution in [0.25, 0.3) is 17.1 Å². The Balaban J connectivity index is 2.04. The fourth-order valence-corrected chi connectivity index (χ4v) is 2.08. The van der Waals surface area contributed by atoms with E-state index in [0.29, 0.717) is 11.4 Å². The van der Waals surface area contributed by atoms with Crippen LogP contribution in [-0.2, 0) is 0 Å². The first kappa shape index (κ1) is 11.9. The van der Waals surface area contributed by atoms with Crippen molar-refractivity contribution < 1.29 is 0 Å². The van der Waals surface area contributed by atoms with Gasteiger partial charge >= 0.3 is 0 Å². The molecule has 0 bridgehead atoms. The minimum Gasteiger partial charge on any atom is -0.396 e. The predicted molar refractivity (Wildman–Crippen MR) is 78.9 cm³/mol. The van der Waals surface area contributed by atoms with Crippen LogP contribution in [0.1, 0.15) is 0 Å². The fraction of sp³-hybridized carbons (Fsp3) is 0. The van der Waals surface area contributed by atoms with E-state index in [1.54, 1.807) is 17.1 Å². The van der Waals surface area contributed by atoms with Crippen LogP contribution in [0.3, 0.4) is 0 Å². The first-order valence-electron chi connectivity index (χ1n) is 5.76. The molecule has 2 aromatic heterocycles. The van der Waals surface area contributed by atoms with Crippen molar-refractivity contribution in [3.8, 4) is 17.1 Å². The van der Waals surface area contributed by atoms with Gasteiger partial charge in [0.25, 0.3) is 0 Å². The van der Waals surface area contributed by atoms with Gasteiger partial charge < -0.3 is 5.73 Å². The fourth-order valence-electron chi connectivity index (χ4n) is 1.82. The number of halogens is 1. The number of pyridine rings is 1. The summed E-state index contributed by atoms with van der Waals surface area (Å²) in [6.07, 6.45) is 3.53. The van der Waals surface area contributed by atoms with E-state index >= 15 is 0 Å². The third-order valence-electron chi connectivity index (χ3n) is 2.74. The molecule has 5 heteroatoms. The minimum atomic E-state index is 0.613. The molecule has 0 atom stereocenters. The average molecular weight is 315 g/mol. The van der Waals surface area contributed by atoms with Crippen molar-refractivity contribution in [3.63, 3.8) is 0 Å². The number of anilines is 1. The van der Waals surface area contributed by atoms with Gasteiger partial charge in [-0.2, -0.15) is 5.10 Å². The highest BCUT2D eigenvalue weighted by Gasteiger charge is 2.10. The Morgan fingerprint density at radius 2 is 1.84 bits per heavy atom. The lowest BCUT2D eigenvalue weighted by Gasteiger charge is -2.00. The standard InChI is InChI=1S/C14H11BrN4/c15-10-4-6-11(7-5-10)19-9-12(16)14(18-19)13-3-1-2-8-17-13/h1-9H,16H2. The number of nitrogens with zero attached hydrogens (tertiary/aromatic N) is 3. The number of benzene rings is 1. The smallest absolute Gasteiger partial charge is 0.134 e. The van der Waals surface area contributed by atoms with Crippen LogP contribution >= 0.6 is 15.9 Å². The van der Waals surface area contributed by atoms with Gasteiger partial charge in [0.1, 0.15) is 5.69 Å². The quantitative estimate of drug-likeness (QED) is 0.789. The lowest BCUT2D eigenvalue weighted by atomic mass is 10.2. The SMILES string of the molecule is Nc1cn(-c2ccc(Br)cc2)nc1-c1ccccn1. The lowest BCUT2D eigenvalue weighted by molar-refractivity contribution is 0.882. The highest BCUT2D eigenvalue weighted by molar-refractivity contribution is 9.10. The zero-order valence-corrected chi connectivity index (χ0v) is 11.6. The number of nitrogens with two attached hydrogens (primary N) is 1. The normalized spacial score (nSPS) is 10.6. The number of aromatic nitrogens is 3. The molecule has 0 unspecified atom stereocenters. The van der Waals surface area contributed by atoms with Crippen molar-refractivity contribution >= 4 is 21.6 Å². The molecule has 0 aliphatic rings. The highest BCUT2D eigenvalue weighted by Crippen LogP contribution is 2.23. The first-order chi connectivity index (χ1) is 9.24. The van der Waals surface area contributed by atoms with Gasteiger partial charge in [0, 0.05) is 10.7 Å². The summed E-state index contributed by atoms with van der Waals surface area (Å²) in [7, 11) is 0. The van der Waals surface area contributed by atoms with E-state index < -0.39 is 0 Å². The Bertz CT molecular complexity index is 689. The van der Waals surface area contributed by atoms with E-state index in [-0.39, 0.29) is 0 Å². The maximum Gasteiger partial charge on any atom is 0.134 e. The molecule has 0 saturated heterocycles. The topological polar surface area (TPSA) is 56.7 Å². The van der Waals surface area contributed by atoms with E-state index in [1.807, 2.05) is 42.5 Å². The molecular formula is C14H11BrN4. The van der Waals surface area contributed by atoms with Gasteiger partial charge in [0.15, 0.2) is 0 Å². The molecule has 3 aromatic rings. The Hall–Kier alpha value is -2.14. The summed E-state index contributed by atoms with van der Waals surface area (Å²) in [5, 5.41) is 4.49. The van der Waals surface area contributed by atoms with Crippen molar-refractivity contribution in [3.05, 3.63) is 59.3 Å². The number of hydrogen-bond acceptors (Lipinski definition) is 3. The molecule has 0 aliphatic heterocycles. The molecule has 19 heavy (non-hydrogen) atoms. The molecule has 2 heterocycles. The Morgan fingerprint density at radius 3 is 2.53 bits per heavy atom. The molecule has 0 amide bonds. The van der Waals surface area contributed by atoms with Gasteiger partial charge in [0.05, 0.1) is 23.3 Å². The van der Waals surface area contributed by atoms with Crippen LogP contribution in [0.4, 0.5) is 5.69 Å². The van der Waals surface area contributed by atoms with E-state index in [9.17, 15) is 0 Å². The monoisotopic (exact) mass is 314 g/mol. The Kier molecular flexibility index (Phi) is 3.05. The van der Waals surface area contributed by atoms with Crippen molar-refractivity contribution in [2.75, 3.05) is 5.73 Å². The number of rotatable bonds is 2. The van der Waals surface area contributed by atoms with Crippen LogP contribution in [0, 0.1) is 0 Å². The van der Waals surface area contributed by atoms with Crippen molar-refractivity contribution in [2.45, 2.75) is 0 Å². The Morgan fingerprint density at radius 1 is 1.05 bits per heavy atom. The van der Waals surface area contributed by atoms with Crippen LogP contribution in [-0.4, -0.2) is 14.8 Å². The number of hydrogen-bond donors (Lipinski definition) is 1. The molecular weight excluding hydrogens is 304 g/mol. The van der Waals surface area contributed by atoms with E-state index in [4.69, 9.17) is 5.73 Å². The summed E-state index contributed by atoms with van der Waals surface area (Å²) in [6.45, 7) is 0. The van der Waals surface area contributed by atoms with Crippen molar-refractivity contribution in [2.24, 2.45) is 0 Å². The minimum absolute atomic E-state index is 0.613. The van der Waals surface area contributed by atoms with Crippen molar-refractivity contribution in [1.82, 2.24) is 14.8 Å². The summed E-state index contributed by atoms with van der Waals surface area (Å²) in [6, 6.07) is 13.6. The number of nitrogen functional groups attached to an aromatic ring is 1. The van der Waals surface area contributed by atoms with Crippen LogP contribution in [0.2, 0.25) is 0 Å². The van der Waals surface area contributed by atoms with Gasteiger partial charge in [-0.25, -0.2) is 4.68 Å². The van der Waals surface area contributed by atoms with E-state index in [2.05, 4.69) is 26.0 Å². The van der Waals surface area contributed by atoms with Gasteiger partial charge in [-0.1, -0.05) is 22.0 Å². The van der Waals surface area contributed by atoms with Gasteiger partial charge in [-0.3, -0.25) is 4.98 Å². The third-order valence-corrected chi connectivity index (χ3v) is 3.27. The molecule has 4 nitrogen and oxygen atoms in total. The van der Waals surface area contributed by atoms with Crippen LogP contribution in [0.15, 0.2) is 59.3 Å². The van der Waals surface area contributed by atoms with E-state index in [1.165, 1.54) is 0 Å². The van der Waals surface area contributed by atoms with Gasteiger partial charge in [0.2, 0.25) is 0 Å². The second-order valence-electron chi connectivity index (χ2n) is 4.07. The summed E-state index contributed by atoms with van der Waals surface area (Å²) >= 11 is 3.41. The van der Waals surface area contributed by atoms with Crippen LogP contribution in [0.5, 0.6) is 0 Å². The summed E-state index contributed by atoms with van der Waals surface area (Å²) in [4.78, 5) is 4.27. The largest absolute Gasteiger partial charge is 0.396 e. The molecule has 1 aromatic carbocycles. The molecule has 0 spiro atoms. The van der Waals surface area contributed by atoms with Crippen molar-refractivity contribution in [1.29, 1.82) is 0 Å². The molecule has 0 saturated carbocycles. The van der Waals surface area contributed by atoms with Gasteiger partial charge in [-0.05, 0) is 36.4 Å². The maximum atomic E-state index is 6.01. The molecule has 0 aliphatic carbocycles. The van der Waals surface area contributed by atoms with E-state index in [0.717, 1.165) is 15.9 Å². The first-order valence-corrected chi connectivity index (χ1v) is 6.56. The lowest BCUT2D eigenvalue weighted by Crippen LogP contribution is -1.94. The third kappa shape index (κ3) is 2.37. The summed E-state index contributed by atoms with van der Waals surface area (Å²) < 4.78 is 2.78. The molecule has 3 rings (SSSR count). The molecule has 94 valence electrons. The molecule has 2 N–H and O–H groups in total. The average Bonchev–Trinajstić information content (AvgIpc) is 2.83. The summed E-state index contributed by atoms with van der Waals surface area (Å²) in [5.41, 5.74) is 9.05. The highest BCUT2D eigenvalue weighted by atomic mass is 79.9. The predicted octanol–water partition coefficient (Wildman–Crippen LogP) is 3.28.